The number of carbonyl (C=O) groups excluding carboxylic acids is 1. The minimum absolute atomic E-state index is 0. The summed E-state index contributed by atoms with van der Waals surface area (Å²) in [7, 11) is 0. The van der Waals surface area contributed by atoms with Gasteiger partial charge in [0.25, 0.3) is 0 Å². The van der Waals surface area contributed by atoms with Gasteiger partial charge >= 0.3 is 5.97 Å². The summed E-state index contributed by atoms with van der Waals surface area (Å²) in [6, 6.07) is 8.56. The van der Waals surface area contributed by atoms with Gasteiger partial charge in [-0.2, -0.15) is 0 Å². The minimum atomic E-state index is -1.68. The number of halogens is 2. The molecule has 0 spiro atoms. The highest BCUT2D eigenvalue weighted by Gasteiger charge is 2.42. The van der Waals surface area contributed by atoms with Crippen molar-refractivity contribution in [2.24, 2.45) is 5.11 Å². The summed E-state index contributed by atoms with van der Waals surface area (Å²) < 4.78 is 19.3. The van der Waals surface area contributed by atoms with Crippen LogP contribution in [0.2, 0.25) is 0 Å². The van der Waals surface area contributed by atoms with Crippen molar-refractivity contribution in [3.05, 3.63) is 46.3 Å². The standard InChI is InChI=1S/C13H15FN4O2.ClH/c14-13(9-17-18-15)6-11(16-8-13)12(19)20-7-10-4-2-1-3-5-10;/h1-5,11,16H,6-9H2;1H/t11-,13+;/m0./s1. The van der Waals surface area contributed by atoms with Gasteiger partial charge in [-0.3, -0.25) is 4.79 Å². The lowest BCUT2D eigenvalue weighted by atomic mass is 10.0. The summed E-state index contributed by atoms with van der Waals surface area (Å²) in [4.78, 5) is 14.4. The molecule has 1 aromatic rings. The number of hydrogen-bond acceptors (Lipinski definition) is 4. The van der Waals surface area contributed by atoms with Gasteiger partial charge in [-0.25, -0.2) is 4.39 Å². The van der Waals surface area contributed by atoms with Crippen molar-refractivity contribution in [3.8, 4) is 0 Å². The first-order chi connectivity index (χ1) is 9.63. The van der Waals surface area contributed by atoms with Crippen molar-refractivity contribution >= 4 is 18.4 Å². The molecule has 0 amide bonds. The van der Waals surface area contributed by atoms with Gasteiger partial charge in [0.15, 0.2) is 0 Å². The Labute approximate surface area is 127 Å². The van der Waals surface area contributed by atoms with Crippen LogP contribution in [0.5, 0.6) is 0 Å². The van der Waals surface area contributed by atoms with Crippen LogP contribution >= 0.6 is 12.4 Å². The highest BCUT2D eigenvalue weighted by molar-refractivity contribution is 5.85. The molecule has 1 aromatic carbocycles. The number of nitrogens with one attached hydrogen (secondary N) is 1. The van der Waals surface area contributed by atoms with Crippen molar-refractivity contribution in [2.75, 3.05) is 13.1 Å². The fraction of sp³-hybridized carbons (Fsp3) is 0.462. The van der Waals surface area contributed by atoms with Crippen LogP contribution in [0, 0.1) is 0 Å². The summed E-state index contributed by atoms with van der Waals surface area (Å²) in [5, 5.41) is 5.99. The van der Waals surface area contributed by atoms with E-state index in [1.54, 1.807) is 0 Å². The zero-order valence-corrected chi connectivity index (χ0v) is 12.1. The fourth-order valence-corrected chi connectivity index (χ4v) is 2.09. The molecular weight excluding hydrogens is 299 g/mol. The third-order valence-corrected chi connectivity index (χ3v) is 3.16. The van der Waals surface area contributed by atoms with E-state index in [0.717, 1.165) is 5.56 Å². The Balaban J connectivity index is 0.00000220. The molecule has 21 heavy (non-hydrogen) atoms. The predicted molar refractivity (Wildman–Crippen MR) is 77.7 cm³/mol. The average Bonchev–Trinajstić information content (AvgIpc) is 2.87. The molecule has 1 saturated heterocycles. The van der Waals surface area contributed by atoms with Crippen LogP contribution in [0.4, 0.5) is 4.39 Å². The van der Waals surface area contributed by atoms with Gasteiger partial charge in [0.05, 0.1) is 6.54 Å². The summed E-state index contributed by atoms with van der Waals surface area (Å²) in [6.45, 7) is -0.135. The molecule has 1 aliphatic rings. The van der Waals surface area contributed by atoms with Crippen LogP contribution in [-0.4, -0.2) is 30.8 Å². The van der Waals surface area contributed by atoms with Crippen LogP contribution in [0.15, 0.2) is 35.4 Å². The molecule has 0 bridgehead atoms. The highest BCUT2D eigenvalue weighted by Crippen LogP contribution is 2.25. The molecule has 2 rings (SSSR count). The SMILES string of the molecule is Cl.[N-]=[N+]=NC[C@]1(F)CN[C@H](C(=O)OCc2ccccc2)C1. The second-order valence-corrected chi connectivity index (χ2v) is 4.77. The maximum Gasteiger partial charge on any atom is 0.323 e. The number of rotatable bonds is 5. The van der Waals surface area contributed by atoms with E-state index in [2.05, 4.69) is 15.3 Å². The van der Waals surface area contributed by atoms with Gasteiger partial charge in [0, 0.05) is 17.9 Å². The topological polar surface area (TPSA) is 87.1 Å². The van der Waals surface area contributed by atoms with Crippen molar-refractivity contribution in [2.45, 2.75) is 24.7 Å². The molecule has 0 radical (unpaired) electrons. The molecule has 0 unspecified atom stereocenters. The Morgan fingerprint density at radius 2 is 2.24 bits per heavy atom. The molecule has 1 aliphatic heterocycles. The fourth-order valence-electron chi connectivity index (χ4n) is 2.09. The lowest BCUT2D eigenvalue weighted by Crippen LogP contribution is -2.32. The molecule has 6 nitrogen and oxygen atoms in total. The molecule has 2 atom stereocenters. The lowest BCUT2D eigenvalue weighted by Gasteiger charge is -2.14. The van der Waals surface area contributed by atoms with Crippen molar-refractivity contribution in [1.29, 1.82) is 0 Å². The van der Waals surface area contributed by atoms with Crippen molar-refractivity contribution in [1.82, 2.24) is 5.32 Å². The maximum atomic E-state index is 14.1. The monoisotopic (exact) mass is 314 g/mol. The molecule has 0 aliphatic carbocycles. The van der Waals surface area contributed by atoms with Crippen LogP contribution in [0.25, 0.3) is 10.4 Å². The van der Waals surface area contributed by atoms with Gasteiger partial charge in [-0.15, -0.1) is 12.4 Å². The molecule has 1 fully saturated rings. The predicted octanol–water partition coefficient (Wildman–Crippen LogP) is 2.53. The molecule has 0 aromatic heterocycles. The van der Waals surface area contributed by atoms with E-state index in [-0.39, 0.29) is 38.5 Å². The smallest absolute Gasteiger partial charge is 0.323 e. The largest absolute Gasteiger partial charge is 0.460 e. The second kappa shape index (κ2) is 7.83. The van der Waals surface area contributed by atoms with Crippen molar-refractivity contribution < 1.29 is 13.9 Å². The number of benzene rings is 1. The number of carbonyl (C=O) groups is 1. The Kier molecular flexibility index (Phi) is 6.42. The van der Waals surface area contributed by atoms with Crippen LogP contribution in [0.3, 0.4) is 0 Å². The summed E-state index contributed by atoms with van der Waals surface area (Å²) in [5.41, 5.74) is 7.40. The molecule has 114 valence electrons. The Bertz CT molecular complexity index is 524. The van der Waals surface area contributed by atoms with E-state index < -0.39 is 17.7 Å². The van der Waals surface area contributed by atoms with Gasteiger partial charge in [-0.1, -0.05) is 35.4 Å². The number of alkyl halides is 1. The first kappa shape index (κ1) is 17.2. The second-order valence-electron chi connectivity index (χ2n) is 4.77. The summed E-state index contributed by atoms with van der Waals surface area (Å²) in [6.07, 6.45) is -0.0420. The number of esters is 1. The first-order valence-electron chi connectivity index (χ1n) is 6.27. The van der Waals surface area contributed by atoms with Gasteiger partial charge in [0.1, 0.15) is 18.3 Å². The van der Waals surface area contributed by atoms with Gasteiger partial charge < -0.3 is 10.1 Å². The molecule has 1 heterocycles. The number of nitrogens with zero attached hydrogens (tertiary/aromatic N) is 3. The first-order valence-corrected chi connectivity index (χ1v) is 6.27. The maximum absolute atomic E-state index is 14.1. The minimum Gasteiger partial charge on any atom is -0.460 e. The molecule has 0 saturated carbocycles. The Morgan fingerprint density at radius 1 is 1.52 bits per heavy atom. The van der Waals surface area contributed by atoms with E-state index in [0.29, 0.717) is 0 Å². The molecular formula is C13H16ClFN4O2. The van der Waals surface area contributed by atoms with E-state index in [4.69, 9.17) is 10.3 Å². The number of azide groups is 1. The van der Waals surface area contributed by atoms with E-state index in [1.165, 1.54) is 0 Å². The third kappa shape index (κ3) is 4.90. The zero-order chi connectivity index (χ0) is 14.4. The number of hydrogen-bond donors (Lipinski definition) is 1. The quantitative estimate of drug-likeness (QED) is 0.392. The Morgan fingerprint density at radius 3 is 2.90 bits per heavy atom. The molecule has 8 heteroatoms. The van der Waals surface area contributed by atoms with E-state index in [1.807, 2.05) is 30.3 Å². The summed E-state index contributed by atoms with van der Waals surface area (Å²) >= 11 is 0. The van der Waals surface area contributed by atoms with Crippen LogP contribution < -0.4 is 5.32 Å². The molecule has 1 N–H and O–H groups in total. The van der Waals surface area contributed by atoms with E-state index >= 15 is 0 Å². The van der Waals surface area contributed by atoms with Gasteiger partial charge in [0.2, 0.25) is 0 Å². The van der Waals surface area contributed by atoms with Crippen LogP contribution in [0.1, 0.15) is 12.0 Å². The van der Waals surface area contributed by atoms with Gasteiger partial charge in [-0.05, 0) is 11.1 Å². The van der Waals surface area contributed by atoms with Crippen molar-refractivity contribution in [3.63, 3.8) is 0 Å². The normalized spacial score (nSPS) is 23.8. The third-order valence-electron chi connectivity index (χ3n) is 3.16. The summed E-state index contributed by atoms with van der Waals surface area (Å²) in [5.74, 6) is -0.491. The van der Waals surface area contributed by atoms with E-state index in [9.17, 15) is 9.18 Å². The average molecular weight is 315 g/mol. The Hall–Kier alpha value is -1.82. The highest BCUT2D eigenvalue weighted by atomic mass is 35.5. The van der Waals surface area contributed by atoms with Crippen LogP contribution in [-0.2, 0) is 16.1 Å². The lowest BCUT2D eigenvalue weighted by molar-refractivity contribution is -0.147. The number of ether oxygens (including phenoxy) is 1. The zero-order valence-electron chi connectivity index (χ0n) is 11.2.